The lowest BCUT2D eigenvalue weighted by Crippen LogP contribution is -2.42. The third-order valence-electron chi connectivity index (χ3n) is 6.57. The number of fused-ring (bicyclic) bond motifs is 1. The van der Waals surface area contributed by atoms with Crippen LogP contribution in [0.5, 0.6) is 0 Å². The number of likely N-dealkylation sites (tertiary alicyclic amines) is 1. The summed E-state index contributed by atoms with van der Waals surface area (Å²) >= 11 is 1.34. The molecule has 0 radical (unpaired) electrons. The number of carboxylic acids is 3. The van der Waals surface area contributed by atoms with Crippen LogP contribution in [-0.4, -0.2) is 88.3 Å². The predicted octanol–water partition coefficient (Wildman–Crippen LogP) is 2.77. The summed E-state index contributed by atoms with van der Waals surface area (Å²) in [5.41, 5.74) is -0.272. The highest BCUT2D eigenvalue weighted by Gasteiger charge is 2.47. The molecule has 2 aromatic rings. The van der Waals surface area contributed by atoms with Crippen LogP contribution < -0.4 is 5.32 Å². The monoisotopic (exact) mass is 591 g/mol. The van der Waals surface area contributed by atoms with Gasteiger partial charge in [-0.1, -0.05) is 6.92 Å². The molecule has 0 bridgehead atoms. The number of aliphatic carboxylic acids is 3. The van der Waals surface area contributed by atoms with Crippen molar-refractivity contribution in [2.45, 2.75) is 75.4 Å². The van der Waals surface area contributed by atoms with Gasteiger partial charge in [-0.15, -0.1) is 11.3 Å². The molecule has 5 N–H and O–H groups in total. The van der Waals surface area contributed by atoms with Gasteiger partial charge in [0.05, 0.1) is 30.1 Å². The summed E-state index contributed by atoms with van der Waals surface area (Å²) in [5, 5.41) is 42.9. The Balaban J connectivity index is 0.000000289. The van der Waals surface area contributed by atoms with Gasteiger partial charge in [0.15, 0.2) is 11.6 Å². The van der Waals surface area contributed by atoms with Gasteiger partial charge in [0.25, 0.3) is 5.91 Å². The number of hydrogen-bond donors (Lipinski definition) is 5. The Morgan fingerprint density at radius 3 is 2.30 bits per heavy atom. The molecule has 4 rings (SSSR count). The van der Waals surface area contributed by atoms with Crippen molar-refractivity contribution >= 4 is 41.0 Å². The Morgan fingerprint density at radius 2 is 1.80 bits per heavy atom. The summed E-state index contributed by atoms with van der Waals surface area (Å²) in [6.07, 6.45) is -4.62. The molecule has 1 saturated heterocycles. The van der Waals surface area contributed by atoms with E-state index < -0.39 is 48.6 Å². The molecule has 13 nitrogen and oxygen atoms in total. The maximum Gasteiger partial charge on any atom is 0.410 e. The Morgan fingerprint density at radius 1 is 1.15 bits per heavy atom. The van der Waals surface area contributed by atoms with E-state index in [1.54, 1.807) is 21.9 Å². The first kappa shape index (κ1) is 30.8. The number of halogens is 3. The van der Waals surface area contributed by atoms with Crippen molar-refractivity contribution < 1.29 is 52.8 Å². The van der Waals surface area contributed by atoms with E-state index in [0.717, 1.165) is 11.1 Å². The van der Waals surface area contributed by atoms with Gasteiger partial charge in [-0.25, -0.2) is 14.5 Å². The molecule has 2 aliphatic heterocycles. The molecule has 0 aliphatic carbocycles. The molecule has 1 amide bonds. The van der Waals surface area contributed by atoms with Crippen molar-refractivity contribution in [2.75, 3.05) is 11.9 Å². The molecule has 220 valence electrons. The lowest BCUT2D eigenvalue weighted by Gasteiger charge is -2.32. The maximum absolute atomic E-state index is 13.5. The number of aliphatic hydroxyl groups is 1. The van der Waals surface area contributed by atoms with E-state index in [1.807, 2.05) is 6.92 Å². The number of thiazole rings is 1. The zero-order valence-electron chi connectivity index (χ0n) is 21.2. The van der Waals surface area contributed by atoms with Crippen molar-refractivity contribution in [1.29, 1.82) is 0 Å². The minimum absolute atomic E-state index is 0.0414. The van der Waals surface area contributed by atoms with Crippen molar-refractivity contribution in [2.24, 2.45) is 0 Å². The molecule has 17 heteroatoms. The second-order valence-electron chi connectivity index (χ2n) is 9.45. The van der Waals surface area contributed by atoms with Gasteiger partial charge in [-0.2, -0.15) is 18.3 Å². The zero-order valence-corrected chi connectivity index (χ0v) is 22.0. The standard InChI is InChI=1S/C17H20F3N5OS.C6H8O7/c1-2-10-6-14(17(18,19)20)25-15(22-10)7-11(23-25)13-4-3-5-24(13)16(26)12-8-27-9-21-12;7-3(8)1-6(13,5(11)12)2-4(9)10/h7-10,13-14,22H,2-6H2,1H3;13H,1-2H2,(H,7,8)(H,9,10)(H,11,12)/t10-,13?,14-;/m1./s1. The van der Waals surface area contributed by atoms with Crippen LogP contribution in [0.25, 0.3) is 0 Å². The van der Waals surface area contributed by atoms with Crippen LogP contribution in [0.1, 0.15) is 73.7 Å². The number of hydrogen-bond acceptors (Lipinski definition) is 9. The number of rotatable bonds is 8. The van der Waals surface area contributed by atoms with Gasteiger partial charge < -0.3 is 30.6 Å². The first-order valence-corrected chi connectivity index (χ1v) is 13.1. The maximum atomic E-state index is 13.5. The second-order valence-corrected chi connectivity index (χ2v) is 10.2. The molecule has 4 heterocycles. The van der Waals surface area contributed by atoms with E-state index in [0.29, 0.717) is 36.6 Å². The third-order valence-corrected chi connectivity index (χ3v) is 7.16. The minimum atomic E-state index is -4.36. The number of nitrogens with zero attached hydrogens (tertiary/aromatic N) is 4. The topological polar surface area (TPSA) is 195 Å². The summed E-state index contributed by atoms with van der Waals surface area (Å²) in [4.78, 5) is 48.9. The fourth-order valence-electron chi connectivity index (χ4n) is 4.60. The van der Waals surface area contributed by atoms with E-state index in [9.17, 15) is 32.3 Å². The van der Waals surface area contributed by atoms with Gasteiger partial charge in [0, 0.05) is 24.0 Å². The lowest BCUT2D eigenvalue weighted by molar-refractivity contribution is -0.173. The fourth-order valence-corrected chi connectivity index (χ4v) is 5.12. The molecule has 0 spiro atoms. The first-order chi connectivity index (χ1) is 18.7. The second kappa shape index (κ2) is 12.2. The average molecular weight is 592 g/mol. The van der Waals surface area contributed by atoms with Gasteiger partial charge in [0.1, 0.15) is 11.5 Å². The predicted molar refractivity (Wildman–Crippen MR) is 132 cm³/mol. The van der Waals surface area contributed by atoms with Crippen molar-refractivity contribution in [3.8, 4) is 0 Å². The van der Waals surface area contributed by atoms with Crippen LogP contribution in [0.2, 0.25) is 0 Å². The number of carbonyl (C=O) groups is 4. The van der Waals surface area contributed by atoms with Gasteiger partial charge in [-0.05, 0) is 25.7 Å². The summed E-state index contributed by atoms with van der Waals surface area (Å²) < 4.78 is 41.7. The van der Waals surface area contributed by atoms with Gasteiger partial charge in [-0.3, -0.25) is 14.4 Å². The van der Waals surface area contributed by atoms with E-state index in [4.69, 9.17) is 20.4 Å². The summed E-state index contributed by atoms with van der Waals surface area (Å²) in [6, 6.07) is -0.549. The Bertz CT molecular complexity index is 1220. The summed E-state index contributed by atoms with van der Waals surface area (Å²) in [7, 11) is 0. The normalized spacial score (nSPS) is 20.6. The average Bonchev–Trinajstić information content (AvgIpc) is 3.62. The van der Waals surface area contributed by atoms with Crippen molar-refractivity contribution in [1.82, 2.24) is 19.7 Å². The van der Waals surface area contributed by atoms with Crippen LogP contribution in [0.3, 0.4) is 0 Å². The molecular formula is C23H28F3N5O8S. The molecule has 0 saturated carbocycles. The van der Waals surface area contributed by atoms with E-state index in [1.165, 1.54) is 11.3 Å². The Kier molecular flexibility index (Phi) is 9.40. The minimum Gasteiger partial charge on any atom is -0.481 e. The number of anilines is 1. The van der Waals surface area contributed by atoms with Crippen LogP contribution in [-0.2, 0) is 14.4 Å². The SMILES string of the molecule is CC[C@@H]1C[C@H](C(F)(F)F)n2nc(C3CCCN3C(=O)c3cscn3)cc2N1.O=C(O)CC(O)(CC(=O)O)C(=O)O. The van der Waals surface area contributed by atoms with Crippen LogP contribution in [0.4, 0.5) is 19.0 Å². The quantitative estimate of drug-likeness (QED) is 0.303. The highest BCUT2D eigenvalue weighted by Crippen LogP contribution is 2.42. The molecule has 40 heavy (non-hydrogen) atoms. The lowest BCUT2D eigenvalue weighted by atomic mass is 9.96. The number of alkyl halides is 3. The number of amides is 1. The highest BCUT2D eigenvalue weighted by atomic mass is 32.1. The molecule has 2 aromatic heterocycles. The first-order valence-electron chi connectivity index (χ1n) is 12.2. The molecule has 0 aromatic carbocycles. The van der Waals surface area contributed by atoms with Crippen LogP contribution >= 0.6 is 11.3 Å². The van der Waals surface area contributed by atoms with E-state index in [2.05, 4.69) is 15.4 Å². The zero-order chi connectivity index (χ0) is 29.8. The molecule has 1 fully saturated rings. The van der Waals surface area contributed by atoms with Crippen molar-refractivity contribution in [3.63, 3.8) is 0 Å². The van der Waals surface area contributed by atoms with E-state index >= 15 is 0 Å². The Labute approximate surface area is 229 Å². The smallest absolute Gasteiger partial charge is 0.410 e. The summed E-state index contributed by atoms with van der Waals surface area (Å²) in [6.45, 7) is 2.42. The summed E-state index contributed by atoms with van der Waals surface area (Å²) in [5.74, 6) is -4.84. The largest absolute Gasteiger partial charge is 0.481 e. The Hall–Kier alpha value is -3.73. The van der Waals surface area contributed by atoms with Crippen molar-refractivity contribution in [3.05, 3.63) is 28.3 Å². The number of carboxylic acid groups (broad SMARTS) is 3. The third kappa shape index (κ3) is 7.07. The fraction of sp³-hybridized carbons (Fsp3) is 0.565. The molecular weight excluding hydrogens is 563 g/mol. The number of carbonyl (C=O) groups excluding carboxylic acids is 1. The van der Waals surface area contributed by atoms with Gasteiger partial charge >= 0.3 is 24.1 Å². The number of aromatic nitrogens is 3. The molecule has 2 aliphatic rings. The van der Waals surface area contributed by atoms with Crippen LogP contribution in [0.15, 0.2) is 17.0 Å². The molecule has 3 atom stereocenters. The highest BCUT2D eigenvalue weighted by molar-refractivity contribution is 7.07. The van der Waals surface area contributed by atoms with Crippen LogP contribution in [0, 0.1) is 0 Å². The molecule has 1 unspecified atom stereocenters. The van der Waals surface area contributed by atoms with Gasteiger partial charge in [0.2, 0.25) is 0 Å². The van der Waals surface area contributed by atoms with E-state index in [-0.39, 0.29) is 24.4 Å². The number of nitrogens with one attached hydrogen (secondary N) is 1.